The number of hydrogen-bond acceptors (Lipinski definition) is 3. The molecular formula is C16H18BrNO3. The zero-order chi connectivity index (χ0) is 15.7. The Morgan fingerprint density at radius 2 is 1.86 bits per heavy atom. The van der Waals surface area contributed by atoms with Crippen LogP contribution < -0.4 is 5.43 Å². The number of fused-ring (bicyclic) bond motifs is 1. The van der Waals surface area contributed by atoms with Crippen LogP contribution in [0, 0.1) is 13.8 Å². The molecule has 0 aliphatic heterocycles. The van der Waals surface area contributed by atoms with Crippen LogP contribution in [0.1, 0.15) is 35.5 Å². The van der Waals surface area contributed by atoms with Gasteiger partial charge in [-0.3, -0.25) is 9.59 Å². The van der Waals surface area contributed by atoms with Crippen LogP contribution in [0.3, 0.4) is 0 Å². The second-order valence-corrected chi connectivity index (χ2v) is 5.85. The summed E-state index contributed by atoms with van der Waals surface area (Å²) in [6.07, 6.45) is 0. The number of nitrogens with zero attached hydrogens (tertiary/aromatic N) is 1. The largest absolute Gasteiger partial charge is 0.460 e. The normalized spacial score (nSPS) is 10.9. The summed E-state index contributed by atoms with van der Waals surface area (Å²) in [4.78, 5) is 26.8. The summed E-state index contributed by atoms with van der Waals surface area (Å²) in [5, 5.41) is 0.433. The maximum atomic E-state index is 12.7. The number of amides is 1. The molecule has 2 aromatic rings. The number of carbonyl (C=O) groups is 1. The Kier molecular flexibility index (Phi) is 4.52. The average molecular weight is 352 g/mol. The molecule has 1 aromatic carbocycles. The van der Waals surface area contributed by atoms with Gasteiger partial charge in [-0.25, -0.2) is 0 Å². The van der Waals surface area contributed by atoms with E-state index >= 15 is 0 Å². The van der Waals surface area contributed by atoms with E-state index < -0.39 is 0 Å². The Labute approximate surface area is 131 Å². The van der Waals surface area contributed by atoms with Crippen molar-refractivity contribution >= 4 is 32.8 Å². The molecule has 0 spiro atoms. The molecule has 1 heterocycles. The Morgan fingerprint density at radius 1 is 1.24 bits per heavy atom. The number of carbonyl (C=O) groups excluding carboxylic acids is 1. The number of benzene rings is 1. The van der Waals surface area contributed by atoms with Crippen LogP contribution in [0.25, 0.3) is 11.0 Å². The van der Waals surface area contributed by atoms with Gasteiger partial charge in [-0.05, 0) is 45.4 Å². The fourth-order valence-electron chi connectivity index (χ4n) is 2.45. The Bertz CT molecular complexity index is 760. The topological polar surface area (TPSA) is 50.5 Å². The van der Waals surface area contributed by atoms with Gasteiger partial charge in [0.25, 0.3) is 5.91 Å². The first-order valence-electron chi connectivity index (χ1n) is 6.93. The summed E-state index contributed by atoms with van der Waals surface area (Å²) in [5.74, 6) is 0.0978. The predicted octanol–water partition coefficient (Wildman–Crippen LogP) is 3.65. The molecule has 2 rings (SSSR count). The third-order valence-electron chi connectivity index (χ3n) is 3.58. The first-order chi connectivity index (χ1) is 9.90. The van der Waals surface area contributed by atoms with Gasteiger partial charge in [0, 0.05) is 17.6 Å². The second kappa shape index (κ2) is 6.02. The third kappa shape index (κ3) is 2.75. The highest BCUT2D eigenvalue weighted by atomic mass is 79.9. The van der Waals surface area contributed by atoms with Gasteiger partial charge in [-0.15, -0.1) is 0 Å². The zero-order valence-electron chi connectivity index (χ0n) is 12.6. The molecule has 0 saturated carbocycles. The van der Waals surface area contributed by atoms with Crippen molar-refractivity contribution in [1.29, 1.82) is 0 Å². The van der Waals surface area contributed by atoms with Crippen molar-refractivity contribution in [2.45, 2.75) is 27.7 Å². The van der Waals surface area contributed by atoms with E-state index in [1.807, 2.05) is 26.8 Å². The molecule has 0 atom stereocenters. The SMILES string of the molecule is CCN(CC)C(=O)c1c(C)oc2c(C)cc(Br)cc2c1=O. The molecule has 0 aliphatic carbocycles. The molecule has 0 saturated heterocycles. The third-order valence-corrected chi connectivity index (χ3v) is 4.04. The van der Waals surface area contributed by atoms with Gasteiger partial charge in [-0.2, -0.15) is 0 Å². The van der Waals surface area contributed by atoms with Crippen LogP contribution in [0.2, 0.25) is 0 Å². The van der Waals surface area contributed by atoms with Crippen molar-refractivity contribution in [3.05, 3.63) is 43.7 Å². The summed E-state index contributed by atoms with van der Waals surface area (Å²) >= 11 is 3.38. The molecule has 4 nitrogen and oxygen atoms in total. The number of halogens is 1. The van der Waals surface area contributed by atoms with E-state index in [0.717, 1.165) is 10.0 Å². The molecule has 0 aliphatic rings. The van der Waals surface area contributed by atoms with Crippen LogP contribution in [-0.4, -0.2) is 23.9 Å². The molecular weight excluding hydrogens is 334 g/mol. The molecule has 0 radical (unpaired) electrons. The van der Waals surface area contributed by atoms with Crippen LogP contribution in [0.4, 0.5) is 0 Å². The Morgan fingerprint density at radius 3 is 2.43 bits per heavy atom. The zero-order valence-corrected chi connectivity index (χ0v) is 14.2. The molecule has 0 fully saturated rings. The number of rotatable bonds is 3. The molecule has 21 heavy (non-hydrogen) atoms. The lowest BCUT2D eigenvalue weighted by atomic mass is 10.1. The summed E-state index contributed by atoms with van der Waals surface area (Å²) in [7, 11) is 0. The molecule has 0 bridgehead atoms. The lowest BCUT2D eigenvalue weighted by Gasteiger charge is -2.19. The minimum atomic E-state index is -0.272. The van der Waals surface area contributed by atoms with Gasteiger partial charge >= 0.3 is 0 Å². The first kappa shape index (κ1) is 15.8. The molecule has 1 aromatic heterocycles. The van der Waals surface area contributed by atoms with E-state index in [1.54, 1.807) is 17.9 Å². The van der Waals surface area contributed by atoms with Crippen molar-refractivity contribution in [2.24, 2.45) is 0 Å². The van der Waals surface area contributed by atoms with Crippen molar-refractivity contribution in [2.75, 3.05) is 13.1 Å². The van der Waals surface area contributed by atoms with Gasteiger partial charge < -0.3 is 9.32 Å². The van der Waals surface area contributed by atoms with Crippen LogP contribution >= 0.6 is 15.9 Å². The lowest BCUT2D eigenvalue weighted by Crippen LogP contribution is -2.34. The molecule has 1 amide bonds. The van der Waals surface area contributed by atoms with E-state index in [1.165, 1.54) is 0 Å². The van der Waals surface area contributed by atoms with Crippen molar-refractivity contribution in [3.8, 4) is 0 Å². The van der Waals surface area contributed by atoms with E-state index in [9.17, 15) is 9.59 Å². The second-order valence-electron chi connectivity index (χ2n) is 4.94. The summed E-state index contributed by atoms with van der Waals surface area (Å²) in [6.45, 7) is 8.44. The monoisotopic (exact) mass is 351 g/mol. The smallest absolute Gasteiger partial charge is 0.261 e. The predicted molar refractivity (Wildman–Crippen MR) is 86.9 cm³/mol. The van der Waals surface area contributed by atoms with Crippen LogP contribution in [0.15, 0.2) is 25.8 Å². The lowest BCUT2D eigenvalue weighted by molar-refractivity contribution is 0.0768. The molecule has 112 valence electrons. The molecule has 0 N–H and O–H groups in total. The molecule has 5 heteroatoms. The first-order valence-corrected chi connectivity index (χ1v) is 7.72. The van der Waals surface area contributed by atoms with E-state index in [4.69, 9.17) is 4.42 Å². The maximum Gasteiger partial charge on any atom is 0.261 e. The standard InChI is InChI=1S/C16H18BrNO3/c1-5-18(6-2)16(20)13-10(4)21-15-9(3)7-11(17)8-12(15)14(13)19/h7-8H,5-6H2,1-4H3. The van der Waals surface area contributed by atoms with Crippen LogP contribution in [-0.2, 0) is 0 Å². The molecule has 0 unspecified atom stereocenters. The number of hydrogen-bond donors (Lipinski definition) is 0. The van der Waals surface area contributed by atoms with Crippen molar-refractivity contribution < 1.29 is 9.21 Å². The van der Waals surface area contributed by atoms with Gasteiger partial charge in [0.15, 0.2) is 0 Å². The van der Waals surface area contributed by atoms with Crippen LogP contribution in [0.5, 0.6) is 0 Å². The number of aryl methyl sites for hydroxylation is 2. The van der Waals surface area contributed by atoms with E-state index in [0.29, 0.717) is 29.8 Å². The van der Waals surface area contributed by atoms with Crippen molar-refractivity contribution in [1.82, 2.24) is 4.90 Å². The highest BCUT2D eigenvalue weighted by molar-refractivity contribution is 9.10. The Hall–Kier alpha value is -1.62. The Balaban J connectivity index is 2.77. The van der Waals surface area contributed by atoms with Gasteiger partial charge in [0.1, 0.15) is 16.9 Å². The summed E-state index contributed by atoms with van der Waals surface area (Å²) in [5.41, 5.74) is 1.26. The minimum absolute atomic E-state index is 0.128. The van der Waals surface area contributed by atoms with Gasteiger partial charge in [-0.1, -0.05) is 15.9 Å². The van der Waals surface area contributed by atoms with E-state index in [2.05, 4.69) is 15.9 Å². The fourth-order valence-corrected chi connectivity index (χ4v) is 3.02. The average Bonchev–Trinajstić information content (AvgIpc) is 2.42. The summed E-state index contributed by atoms with van der Waals surface area (Å²) < 4.78 is 6.55. The van der Waals surface area contributed by atoms with Gasteiger partial charge in [0.2, 0.25) is 5.43 Å². The van der Waals surface area contributed by atoms with Gasteiger partial charge in [0.05, 0.1) is 5.39 Å². The fraction of sp³-hybridized carbons (Fsp3) is 0.375. The summed E-state index contributed by atoms with van der Waals surface area (Å²) in [6, 6.07) is 3.59. The van der Waals surface area contributed by atoms with Crippen molar-refractivity contribution in [3.63, 3.8) is 0 Å². The van der Waals surface area contributed by atoms with E-state index in [-0.39, 0.29) is 16.9 Å². The highest BCUT2D eigenvalue weighted by Gasteiger charge is 2.22. The maximum absolute atomic E-state index is 12.7. The highest BCUT2D eigenvalue weighted by Crippen LogP contribution is 2.24. The quantitative estimate of drug-likeness (QED) is 0.847. The minimum Gasteiger partial charge on any atom is -0.460 e.